The van der Waals surface area contributed by atoms with Crippen LogP contribution in [0.15, 0.2) is 18.2 Å². The van der Waals surface area contributed by atoms with Crippen LogP contribution in [0.1, 0.15) is 57.8 Å². The van der Waals surface area contributed by atoms with Crippen molar-refractivity contribution >= 4 is 5.69 Å². The van der Waals surface area contributed by atoms with E-state index in [2.05, 4.69) is 5.32 Å². The molecule has 1 aromatic carbocycles. The van der Waals surface area contributed by atoms with E-state index < -0.39 is 11.6 Å². The molecule has 2 unspecified atom stereocenters. The Labute approximate surface area is 126 Å². The van der Waals surface area contributed by atoms with Gasteiger partial charge in [-0.15, -0.1) is 0 Å². The van der Waals surface area contributed by atoms with Gasteiger partial charge in [0.25, 0.3) is 0 Å². The van der Waals surface area contributed by atoms with Gasteiger partial charge >= 0.3 is 0 Å². The summed E-state index contributed by atoms with van der Waals surface area (Å²) in [4.78, 5) is 0. The van der Waals surface area contributed by atoms with E-state index in [0.717, 1.165) is 18.8 Å². The second-order valence-corrected chi connectivity index (χ2v) is 6.69. The second-order valence-electron chi connectivity index (χ2n) is 6.69. The molecular formula is C18H25F2N. The third kappa shape index (κ3) is 3.38. The number of benzene rings is 1. The fraction of sp³-hybridized carbons (Fsp3) is 0.667. The topological polar surface area (TPSA) is 12.0 Å². The predicted octanol–water partition coefficient (Wildman–Crippen LogP) is 5.52. The van der Waals surface area contributed by atoms with Gasteiger partial charge < -0.3 is 5.32 Å². The SMILES string of the molecule is Fc1cccc(F)c1NC1CCCCC1C1CCCCC1. The van der Waals surface area contributed by atoms with E-state index in [4.69, 9.17) is 0 Å². The Morgan fingerprint density at radius 1 is 0.810 bits per heavy atom. The zero-order valence-electron chi connectivity index (χ0n) is 12.6. The van der Waals surface area contributed by atoms with E-state index in [-0.39, 0.29) is 11.7 Å². The maximum Gasteiger partial charge on any atom is 0.149 e. The normalized spacial score (nSPS) is 27.5. The first-order valence-electron chi connectivity index (χ1n) is 8.46. The number of halogens is 2. The molecule has 0 saturated heterocycles. The molecule has 3 rings (SSSR count). The van der Waals surface area contributed by atoms with Crippen LogP contribution >= 0.6 is 0 Å². The van der Waals surface area contributed by atoms with Crippen LogP contribution < -0.4 is 5.32 Å². The molecule has 1 nitrogen and oxygen atoms in total. The van der Waals surface area contributed by atoms with Crippen molar-refractivity contribution in [3.05, 3.63) is 29.8 Å². The van der Waals surface area contributed by atoms with Gasteiger partial charge in [-0.05, 0) is 36.8 Å². The van der Waals surface area contributed by atoms with Crippen LogP contribution in [0, 0.1) is 23.5 Å². The quantitative estimate of drug-likeness (QED) is 0.774. The van der Waals surface area contributed by atoms with Gasteiger partial charge in [0.2, 0.25) is 0 Å². The number of hydrogen-bond acceptors (Lipinski definition) is 1. The van der Waals surface area contributed by atoms with Crippen molar-refractivity contribution in [2.45, 2.75) is 63.8 Å². The molecular weight excluding hydrogens is 268 g/mol. The Kier molecular flexibility index (Phi) is 4.77. The Morgan fingerprint density at radius 3 is 2.14 bits per heavy atom. The smallest absolute Gasteiger partial charge is 0.149 e. The molecule has 0 amide bonds. The molecule has 2 atom stereocenters. The number of nitrogens with one attached hydrogen (secondary N) is 1. The van der Waals surface area contributed by atoms with Gasteiger partial charge in [-0.2, -0.15) is 0 Å². The molecule has 1 aromatic rings. The van der Waals surface area contributed by atoms with E-state index in [1.165, 1.54) is 63.1 Å². The monoisotopic (exact) mass is 293 g/mol. The largest absolute Gasteiger partial charge is 0.377 e. The summed E-state index contributed by atoms with van der Waals surface area (Å²) >= 11 is 0. The standard InChI is InChI=1S/C18H25F2N/c19-15-10-6-11-16(20)18(15)21-17-12-5-4-9-14(17)13-7-2-1-3-8-13/h6,10-11,13-14,17,21H,1-5,7-9,12H2. The lowest BCUT2D eigenvalue weighted by Gasteiger charge is -2.39. The van der Waals surface area contributed by atoms with Crippen LogP contribution in [-0.4, -0.2) is 6.04 Å². The summed E-state index contributed by atoms with van der Waals surface area (Å²) in [6.07, 6.45) is 11.3. The first-order valence-corrected chi connectivity index (χ1v) is 8.46. The molecule has 2 aliphatic carbocycles. The second kappa shape index (κ2) is 6.76. The summed E-state index contributed by atoms with van der Waals surface area (Å²) in [6, 6.07) is 4.33. The van der Waals surface area contributed by atoms with Crippen molar-refractivity contribution in [2.75, 3.05) is 5.32 Å². The first-order chi connectivity index (χ1) is 10.3. The van der Waals surface area contributed by atoms with E-state index in [0.29, 0.717) is 5.92 Å². The summed E-state index contributed by atoms with van der Waals surface area (Å²) in [6.45, 7) is 0. The lowest BCUT2D eigenvalue weighted by molar-refractivity contribution is 0.180. The maximum absolute atomic E-state index is 13.9. The minimum Gasteiger partial charge on any atom is -0.377 e. The van der Waals surface area contributed by atoms with Gasteiger partial charge in [-0.25, -0.2) is 8.78 Å². The van der Waals surface area contributed by atoms with Gasteiger partial charge in [0.1, 0.15) is 17.3 Å². The molecule has 0 spiro atoms. The van der Waals surface area contributed by atoms with Crippen molar-refractivity contribution in [3.63, 3.8) is 0 Å². The van der Waals surface area contributed by atoms with E-state index in [9.17, 15) is 8.78 Å². The summed E-state index contributed by atoms with van der Waals surface area (Å²) < 4.78 is 27.7. The molecule has 0 aromatic heterocycles. The first kappa shape index (κ1) is 14.8. The third-order valence-electron chi connectivity index (χ3n) is 5.37. The van der Waals surface area contributed by atoms with E-state index in [1.54, 1.807) is 0 Å². The maximum atomic E-state index is 13.9. The molecule has 3 heteroatoms. The van der Waals surface area contributed by atoms with Crippen LogP contribution in [0.4, 0.5) is 14.5 Å². The Morgan fingerprint density at radius 2 is 1.43 bits per heavy atom. The highest BCUT2D eigenvalue weighted by Crippen LogP contribution is 2.39. The molecule has 21 heavy (non-hydrogen) atoms. The van der Waals surface area contributed by atoms with E-state index in [1.807, 2.05) is 0 Å². The molecule has 0 aliphatic heterocycles. The lowest BCUT2D eigenvalue weighted by atomic mass is 9.71. The number of rotatable bonds is 3. The van der Waals surface area contributed by atoms with Crippen molar-refractivity contribution < 1.29 is 8.78 Å². The Hall–Kier alpha value is -1.12. The molecule has 0 heterocycles. The number of anilines is 1. The fourth-order valence-corrected chi connectivity index (χ4v) is 4.29. The Bertz CT molecular complexity index is 448. The summed E-state index contributed by atoms with van der Waals surface area (Å²) in [5.41, 5.74) is 0.0743. The van der Waals surface area contributed by atoms with Crippen LogP contribution in [0.2, 0.25) is 0 Å². The van der Waals surface area contributed by atoms with Gasteiger partial charge in [-0.1, -0.05) is 51.0 Å². The molecule has 2 aliphatic rings. The van der Waals surface area contributed by atoms with Crippen LogP contribution in [0.5, 0.6) is 0 Å². The molecule has 0 radical (unpaired) electrons. The number of para-hydroxylation sites is 1. The van der Waals surface area contributed by atoms with Crippen LogP contribution in [-0.2, 0) is 0 Å². The fourth-order valence-electron chi connectivity index (χ4n) is 4.29. The highest BCUT2D eigenvalue weighted by molar-refractivity contribution is 5.47. The summed E-state index contributed by atoms with van der Waals surface area (Å²) in [5.74, 6) is 0.385. The highest BCUT2D eigenvalue weighted by Gasteiger charge is 2.33. The Balaban J connectivity index is 1.74. The molecule has 1 N–H and O–H groups in total. The minimum atomic E-state index is -0.469. The van der Waals surface area contributed by atoms with Gasteiger partial charge in [0, 0.05) is 6.04 Å². The summed E-state index contributed by atoms with van der Waals surface area (Å²) in [7, 11) is 0. The third-order valence-corrected chi connectivity index (χ3v) is 5.37. The molecule has 2 saturated carbocycles. The highest BCUT2D eigenvalue weighted by atomic mass is 19.1. The van der Waals surface area contributed by atoms with Gasteiger partial charge in [0.05, 0.1) is 0 Å². The van der Waals surface area contributed by atoms with Crippen molar-refractivity contribution in [3.8, 4) is 0 Å². The van der Waals surface area contributed by atoms with Gasteiger partial charge in [0.15, 0.2) is 0 Å². The average Bonchev–Trinajstić information content (AvgIpc) is 2.52. The van der Waals surface area contributed by atoms with Gasteiger partial charge in [-0.3, -0.25) is 0 Å². The minimum absolute atomic E-state index is 0.0743. The van der Waals surface area contributed by atoms with Crippen LogP contribution in [0.25, 0.3) is 0 Å². The zero-order chi connectivity index (χ0) is 14.7. The van der Waals surface area contributed by atoms with E-state index >= 15 is 0 Å². The molecule has 2 fully saturated rings. The van der Waals surface area contributed by atoms with Crippen LogP contribution in [0.3, 0.4) is 0 Å². The average molecular weight is 293 g/mol. The zero-order valence-corrected chi connectivity index (χ0v) is 12.6. The number of hydrogen-bond donors (Lipinski definition) is 1. The molecule has 0 bridgehead atoms. The predicted molar refractivity (Wildman–Crippen MR) is 82.3 cm³/mol. The lowest BCUT2D eigenvalue weighted by Crippen LogP contribution is -2.38. The van der Waals surface area contributed by atoms with Crippen molar-refractivity contribution in [1.82, 2.24) is 0 Å². The van der Waals surface area contributed by atoms with Crippen molar-refractivity contribution in [2.24, 2.45) is 11.8 Å². The molecule has 116 valence electrons. The van der Waals surface area contributed by atoms with Crippen molar-refractivity contribution in [1.29, 1.82) is 0 Å². The summed E-state index contributed by atoms with van der Waals surface area (Å²) in [5, 5.41) is 3.21.